The number of anilines is 1. The largest absolute Gasteiger partial charge is 0.348 e. The highest BCUT2D eigenvalue weighted by molar-refractivity contribution is 7.17. The van der Waals surface area contributed by atoms with Gasteiger partial charge in [-0.25, -0.2) is 4.98 Å². The maximum Gasteiger partial charge on any atom is 0.187 e. The Morgan fingerprint density at radius 1 is 1.41 bits per heavy atom. The number of halogens is 1. The van der Waals surface area contributed by atoms with Crippen molar-refractivity contribution in [3.8, 4) is 0 Å². The second-order valence-electron chi connectivity index (χ2n) is 5.27. The van der Waals surface area contributed by atoms with E-state index < -0.39 is 0 Å². The van der Waals surface area contributed by atoms with E-state index in [1.54, 1.807) is 0 Å². The second-order valence-corrected chi connectivity index (χ2v) is 6.64. The van der Waals surface area contributed by atoms with E-state index in [0.29, 0.717) is 15.4 Å². The lowest BCUT2D eigenvalue weighted by Crippen LogP contribution is -2.24. The molecule has 5 heteroatoms. The topological polar surface area (TPSA) is 33.2 Å². The van der Waals surface area contributed by atoms with Crippen LogP contribution in [0.3, 0.4) is 0 Å². The van der Waals surface area contributed by atoms with Gasteiger partial charge in [0, 0.05) is 13.1 Å². The van der Waals surface area contributed by atoms with Gasteiger partial charge in [-0.1, -0.05) is 36.8 Å². The Balaban J connectivity index is 2.14. The molecule has 0 radical (unpaired) electrons. The van der Waals surface area contributed by atoms with Gasteiger partial charge in [-0.15, -0.1) is 0 Å². The van der Waals surface area contributed by atoms with Gasteiger partial charge in [0.2, 0.25) is 0 Å². The number of nitrogens with zero attached hydrogens (tertiary/aromatic N) is 2. The smallest absolute Gasteiger partial charge is 0.187 e. The predicted molar refractivity (Wildman–Crippen MR) is 72.4 cm³/mol. The number of aldehydes is 1. The lowest BCUT2D eigenvalue weighted by atomic mass is 9.85. The molecule has 0 atom stereocenters. The number of thiazole rings is 1. The minimum atomic E-state index is 0.337. The molecule has 3 nitrogen and oxygen atoms in total. The third-order valence-electron chi connectivity index (χ3n) is 3.32. The minimum absolute atomic E-state index is 0.337. The normalized spacial score (nSPS) is 20.1. The van der Waals surface area contributed by atoms with Gasteiger partial charge in [0.05, 0.1) is 0 Å². The van der Waals surface area contributed by atoms with E-state index in [1.165, 1.54) is 24.2 Å². The highest BCUT2D eigenvalue weighted by Crippen LogP contribution is 2.34. The molecule has 0 saturated carbocycles. The fraction of sp³-hybridized carbons (Fsp3) is 0.667. The highest BCUT2D eigenvalue weighted by Gasteiger charge is 2.24. The molecule has 0 amide bonds. The Morgan fingerprint density at radius 2 is 2.18 bits per heavy atom. The summed E-state index contributed by atoms with van der Waals surface area (Å²) in [5.41, 5.74) is 0.406. The van der Waals surface area contributed by atoms with Crippen molar-refractivity contribution in [2.45, 2.75) is 33.1 Å². The number of aromatic nitrogens is 1. The lowest BCUT2D eigenvalue weighted by molar-refractivity contribution is 0.112. The van der Waals surface area contributed by atoms with Crippen molar-refractivity contribution in [1.82, 2.24) is 4.98 Å². The van der Waals surface area contributed by atoms with E-state index in [4.69, 9.17) is 11.6 Å². The third kappa shape index (κ3) is 2.99. The molecule has 94 valence electrons. The van der Waals surface area contributed by atoms with Crippen molar-refractivity contribution in [3.05, 3.63) is 10.0 Å². The number of hydrogen-bond donors (Lipinski definition) is 0. The monoisotopic (exact) mass is 272 g/mol. The van der Waals surface area contributed by atoms with Crippen molar-refractivity contribution in [3.63, 3.8) is 0 Å². The molecule has 1 aliphatic heterocycles. The van der Waals surface area contributed by atoms with Crippen LogP contribution in [0.2, 0.25) is 5.15 Å². The highest BCUT2D eigenvalue weighted by atomic mass is 35.5. The van der Waals surface area contributed by atoms with E-state index in [1.807, 2.05) is 0 Å². The maximum absolute atomic E-state index is 10.8. The molecule has 0 aliphatic carbocycles. The molecule has 1 aromatic heterocycles. The summed E-state index contributed by atoms with van der Waals surface area (Å²) in [7, 11) is 0. The molecule has 0 unspecified atom stereocenters. The van der Waals surface area contributed by atoms with Gasteiger partial charge in [0.25, 0.3) is 0 Å². The molecule has 1 aromatic rings. The van der Waals surface area contributed by atoms with Crippen LogP contribution in [0, 0.1) is 5.41 Å². The predicted octanol–water partition coefficient (Wildman–Crippen LogP) is 3.63. The van der Waals surface area contributed by atoms with E-state index in [-0.39, 0.29) is 0 Å². The van der Waals surface area contributed by atoms with Gasteiger partial charge in [0.15, 0.2) is 16.6 Å². The van der Waals surface area contributed by atoms with E-state index >= 15 is 0 Å². The number of carbonyl (C=O) groups excluding carboxylic acids is 1. The van der Waals surface area contributed by atoms with Crippen molar-refractivity contribution in [1.29, 1.82) is 0 Å². The van der Waals surface area contributed by atoms with Gasteiger partial charge < -0.3 is 4.90 Å². The van der Waals surface area contributed by atoms with Gasteiger partial charge in [-0.2, -0.15) is 0 Å². The molecule has 0 N–H and O–H groups in total. The SMILES string of the molecule is CC1(C)CCCN(c2nc(Cl)c(C=O)s2)CC1. The molecule has 1 fully saturated rings. The molecule has 0 aromatic carbocycles. The zero-order valence-electron chi connectivity index (χ0n) is 10.2. The summed E-state index contributed by atoms with van der Waals surface area (Å²) in [6.45, 7) is 6.62. The molecule has 1 aliphatic rings. The van der Waals surface area contributed by atoms with Crippen molar-refractivity contribution in [2.24, 2.45) is 5.41 Å². The first-order valence-electron chi connectivity index (χ1n) is 5.88. The van der Waals surface area contributed by atoms with Crippen molar-refractivity contribution >= 4 is 34.4 Å². The van der Waals surface area contributed by atoms with Crippen LogP contribution in [0.1, 0.15) is 42.8 Å². The van der Waals surface area contributed by atoms with Crippen molar-refractivity contribution in [2.75, 3.05) is 18.0 Å². The summed E-state index contributed by atoms with van der Waals surface area (Å²) in [6, 6.07) is 0. The molecular formula is C12H17ClN2OS. The van der Waals surface area contributed by atoms with E-state index in [2.05, 4.69) is 23.7 Å². The molecule has 0 bridgehead atoms. The summed E-state index contributed by atoms with van der Waals surface area (Å²) in [4.78, 5) is 17.8. The minimum Gasteiger partial charge on any atom is -0.348 e. The number of hydrogen-bond acceptors (Lipinski definition) is 4. The van der Waals surface area contributed by atoms with Crippen LogP contribution < -0.4 is 4.90 Å². The summed E-state index contributed by atoms with van der Waals surface area (Å²) in [6.07, 6.45) is 4.34. The van der Waals surface area contributed by atoms with Crippen LogP contribution in [0.15, 0.2) is 0 Å². The standard InChI is InChI=1S/C12H17ClN2OS/c1-12(2)4-3-6-15(7-5-12)11-14-10(13)9(8-16)17-11/h8H,3-7H2,1-2H3. The van der Waals surface area contributed by atoms with Gasteiger partial charge >= 0.3 is 0 Å². The fourth-order valence-electron chi connectivity index (χ4n) is 2.12. The van der Waals surface area contributed by atoms with Crippen LogP contribution >= 0.6 is 22.9 Å². The number of rotatable bonds is 2. The van der Waals surface area contributed by atoms with Gasteiger partial charge in [-0.05, 0) is 24.7 Å². The molecule has 2 rings (SSSR count). The zero-order chi connectivity index (χ0) is 12.5. The quantitative estimate of drug-likeness (QED) is 0.771. The molecular weight excluding hydrogens is 256 g/mol. The summed E-state index contributed by atoms with van der Waals surface area (Å²) in [5, 5.41) is 1.22. The van der Waals surface area contributed by atoms with E-state index in [9.17, 15) is 4.79 Å². The van der Waals surface area contributed by atoms with Crippen LogP contribution in [0.25, 0.3) is 0 Å². The molecule has 2 heterocycles. The summed E-state index contributed by atoms with van der Waals surface area (Å²) < 4.78 is 0. The average Bonchev–Trinajstić information content (AvgIpc) is 2.54. The first-order chi connectivity index (χ1) is 8.02. The zero-order valence-corrected chi connectivity index (χ0v) is 11.8. The first kappa shape index (κ1) is 12.8. The fourth-order valence-corrected chi connectivity index (χ4v) is 3.24. The Labute approximate surface area is 111 Å². The van der Waals surface area contributed by atoms with Gasteiger partial charge in [-0.3, -0.25) is 4.79 Å². The second kappa shape index (κ2) is 4.94. The number of carbonyl (C=O) groups is 1. The van der Waals surface area contributed by atoms with E-state index in [0.717, 1.165) is 30.9 Å². The van der Waals surface area contributed by atoms with Crippen LogP contribution in [0.4, 0.5) is 5.13 Å². The van der Waals surface area contributed by atoms with Crippen molar-refractivity contribution < 1.29 is 4.79 Å². The lowest BCUT2D eigenvalue weighted by Gasteiger charge is -2.22. The first-order valence-corrected chi connectivity index (χ1v) is 7.08. The molecule has 0 spiro atoms. The van der Waals surface area contributed by atoms with Gasteiger partial charge in [0.1, 0.15) is 4.88 Å². The Bertz CT molecular complexity index is 417. The Morgan fingerprint density at radius 3 is 2.82 bits per heavy atom. The molecule has 17 heavy (non-hydrogen) atoms. The van der Waals surface area contributed by atoms with Crippen LogP contribution in [0.5, 0.6) is 0 Å². The molecule has 1 saturated heterocycles. The van der Waals surface area contributed by atoms with Crippen LogP contribution in [-0.4, -0.2) is 24.4 Å². The van der Waals surface area contributed by atoms with Crippen LogP contribution in [-0.2, 0) is 0 Å². The average molecular weight is 273 g/mol. The Hall–Kier alpha value is -0.610. The Kier molecular flexibility index (Phi) is 3.73. The summed E-state index contributed by atoms with van der Waals surface area (Å²) in [5.74, 6) is 0. The maximum atomic E-state index is 10.8. The third-order valence-corrected chi connectivity index (χ3v) is 4.76. The summed E-state index contributed by atoms with van der Waals surface area (Å²) >= 11 is 7.29.